The van der Waals surface area contributed by atoms with Crippen molar-refractivity contribution in [3.05, 3.63) is 71.3 Å². The van der Waals surface area contributed by atoms with Gasteiger partial charge in [-0.2, -0.15) is 0 Å². The lowest BCUT2D eigenvalue weighted by atomic mass is 9.98. The predicted molar refractivity (Wildman–Crippen MR) is 115 cm³/mol. The summed E-state index contributed by atoms with van der Waals surface area (Å²) in [6, 6.07) is 16.1. The zero-order valence-corrected chi connectivity index (χ0v) is 17.0. The van der Waals surface area contributed by atoms with Gasteiger partial charge >= 0.3 is 12.1 Å². The molecule has 31 heavy (non-hydrogen) atoms. The van der Waals surface area contributed by atoms with Gasteiger partial charge in [0, 0.05) is 18.0 Å². The summed E-state index contributed by atoms with van der Waals surface area (Å²) < 4.78 is 5.38. The quantitative estimate of drug-likeness (QED) is 0.494. The lowest BCUT2D eigenvalue weighted by molar-refractivity contribution is -0.132. The highest BCUT2D eigenvalue weighted by Gasteiger charge is 2.28. The number of carbonyl (C=O) groups is 3. The fourth-order valence-electron chi connectivity index (χ4n) is 3.32. The van der Waals surface area contributed by atoms with Crippen LogP contribution in [-0.4, -0.2) is 42.8 Å². The van der Waals surface area contributed by atoms with Crippen molar-refractivity contribution in [1.82, 2.24) is 10.6 Å². The molecule has 2 amide bonds. The zero-order chi connectivity index (χ0) is 22.2. The Labute approximate surface area is 180 Å². The molecule has 158 valence electrons. The topological polar surface area (TPSA) is 105 Å². The van der Waals surface area contributed by atoms with Crippen molar-refractivity contribution in [3.63, 3.8) is 0 Å². The number of hydrogen-bond acceptors (Lipinski definition) is 4. The van der Waals surface area contributed by atoms with Crippen molar-refractivity contribution < 1.29 is 24.2 Å². The summed E-state index contributed by atoms with van der Waals surface area (Å²) in [5.41, 5.74) is 4.68. The van der Waals surface area contributed by atoms with Crippen molar-refractivity contribution in [2.45, 2.75) is 12.8 Å². The molecule has 1 aliphatic carbocycles. The van der Waals surface area contributed by atoms with Gasteiger partial charge in [-0.25, -0.2) is 9.59 Å². The molecule has 3 rings (SSSR count). The zero-order valence-electron chi connectivity index (χ0n) is 17.0. The minimum Gasteiger partial charge on any atom is -0.478 e. The Morgan fingerprint density at radius 1 is 1.03 bits per heavy atom. The monoisotopic (exact) mass is 418 g/mol. The van der Waals surface area contributed by atoms with Crippen LogP contribution in [-0.2, 0) is 14.3 Å². The number of ether oxygens (including phenoxy) is 1. The van der Waals surface area contributed by atoms with Gasteiger partial charge in [0.05, 0.1) is 6.54 Å². The van der Waals surface area contributed by atoms with Crippen LogP contribution in [0.1, 0.15) is 24.0 Å². The maximum absolute atomic E-state index is 12.0. The third-order valence-electron chi connectivity index (χ3n) is 4.87. The highest BCUT2D eigenvalue weighted by molar-refractivity contribution is 5.93. The number of alkyl carbamates (subject to hydrolysis) is 1. The Balaban J connectivity index is 1.46. The van der Waals surface area contributed by atoms with E-state index in [2.05, 4.69) is 34.6 Å². The second-order valence-corrected chi connectivity index (χ2v) is 6.88. The van der Waals surface area contributed by atoms with E-state index in [1.165, 1.54) is 13.0 Å². The Kier molecular flexibility index (Phi) is 7.07. The number of hydrogen-bond donors (Lipinski definition) is 3. The fraction of sp³-hybridized carbons (Fsp3) is 0.208. The highest BCUT2D eigenvalue weighted by atomic mass is 16.5. The summed E-state index contributed by atoms with van der Waals surface area (Å²) in [5, 5.41) is 13.7. The van der Waals surface area contributed by atoms with Crippen LogP contribution in [0.2, 0.25) is 0 Å². The Morgan fingerprint density at radius 2 is 1.65 bits per heavy atom. The van der Waals surface area contributed by atoms with Gasteiger partial charge in [-0.15, -0.1) is 0 Å². The molecule has 0 heterocycles. The molecule has 0 radical (unpaired) electrons. The van der Waals surface area contributed by atoms with Crippen LogP contribution in [0.25, 0.3) is 11.1 Å². The molecule has 0 spiro atoms. The second-order valence-electron chi connectivity index (χ2n) is 6.88. The maximum Gasteiger partial charge on any atom is 0.407 e. The molecule has 1 aliphatic rings. The molecule has 7 nitrogen and oxygen atoms in total. The summed E-state index contributed by atoms with van der Waals surface area (Å²) in [4.78, 5) is 34.2. The van der Waals surface area contributed by atoms with E-state index in [4.69, 9.17) is 9.84 Å². The van der Waals surface area contributed by atoms with Crippen molar-refractivity contribution in [2.75, 3.05) is 19.7 Å². The number of carbonyl (C=O) groups excluding carboxylic acids is 2. The van der Waals surface area contributed by atoms with Crippen LogP contribution in [0.3, 0.4) is 0 Å². The van der Waals surface area contributed by atoms with Crippen molar-refractivity contribution in [2.24, 2.45) is 0 Å². The van der Waals surface area contributed by atoms with E-state index < -0.39 is 18.0 Å². The van der Waals surface area contributed by atoms with E-state index in [1.807, 2.05) is 36.4 Å². The lowest BCUT2D eigenvalue weighted by Gasteiger charge is -2.14. The first kappa shape index (κ1) is 21.7. The van der Waals surface area contributed by atoms with Gasteiger partial charge in [0.2, 0.25) is 0 Å². The van der Waals surface area contributed by atoms with Crippen LogP contribution in [0.5, 0.6) is 0 Å². The summed E-state index contributed by atoms with van der Waals surface area (Å²) in [7, 11) is 0. The largest absolute Gasteiger partial charge is 0.478 e. The van der Waals surface area contributed by atoms with Crippen molar-refractivity contribution >= 4 is 18.0 Å². The summed E-state index contributed by atoms with van der Waals surface area (Å²) >= 11 is 0. The average molecular weight is 418 g/mol. The molecule has 0 fully saturated rings. The number of carboxylic acid groups (broad SMARTS) is 1. The van der Waals surface area contributed by atoms with Gasteiger partial charge < -0.3 is 20.5 Å². The van der Waals surface area contributed by atoms with Crippen LogP contribution in [0.4, 0.5) is 4.79 Å². The molecular formula is C24H22N2O5. The van der Waals surface area contributed by atoms with E-state index >= 15 is 0 Å². The van der Waals surface area contributed by atoms with Gasteiger partial charge in [0.1, 0.15) is 6.61 Å². The molecule has 0 aliphatic heterocycles. The van der Waals surface area contributed by atoms with E-state index in [-0.39, 0.29) is 31.2 Å². The standard InChI is InChI=1S/C24H22N2O5/c1-16(23(28)29)12-14-25-22(27)11-6-13-26-24(30)31-15-21-19-9-4-2-7-17(19)18-8-3-5-10-20(18)21/h2-5,7-10,12,21H,13-15H2,1H3,(H,25,27)(H,26,30)(H,28,29)/b16-12+. The number of amides is 2. The maximum atomic E-state index is 12.0. The third kappa shape index (κ3) is 5.52. The first-order valence-corrected chi connectivity index (χ1v) is 9.73. The highest BCUT2D eigenvalue weighted by Crippen LogP contribution is 2.44. The number of nitrogens with one attached hydrogen (secondary N) is 2. The van der Waals surface area contributed by atoms with Crippen LogP contribution >= 0.6 is 0 Å². The van der Waals surface area contributed by atoms with E-state index in [0.29, 0.717) is 0 Å². The van der Waals surface area contributed by atoms with Gasteiger partial charge in [0.25, 0.3) is 5.91 Å². The molecule has 0 atom stereocenters. The number of carboxylic acids is 1. The molecule has 2 aromatic carbocycles. The normalized spacial score (nSPS) is 12.1. The van der Waals surface area contributed by atoms with Crippen LogP contribution in [0.15, 0.2) is 60.2 Å². The Hall–Kier alpha value is -4.05. The molecular weight excluding hydrogens is 396 g/mol. The Morgan fingerprint density at radius 3 is 2.26 bits per heavy atom. The number of benzene rings is 2. The summed E-state index contributed by atoms with van der Waals surface area (Å²) in [5.74, 6) is 3.20. The van der Waals surface area contributed by atoms with E-state index in [9.17, 15) is 14.4 Å². The number of rotatable bonds is 6. The van der Waals surface area contributed by atoms with Crippen LogP contribution < -0.4 is 10.6 Å². The first-order valence-electron chi connectivity index (χ1n) is 9.73. The van der Waals surface area contributed by atoms with E-state index in [1.54, 1.807) is 0 Å². The fourth-order valence-corrected chi connectivity index (χ4v) is 3.32. The molecule has 0 aromatic heterocycles. The van der Waals surface area contributed by atoms with Gasteiger partial charge in [0.15, 0.2) is 0 Å². The molecule has 3 N–H and O–H groups in total. The smallest absolute Gasteiger partial charge is 0.407 e. The van der Waals surface area contributed by atoms with Crippen LogP contribution in [0, 0.1) is 11.8 Å². The third-order valence-corrected chi connectivity index (χ3v) is 4.87. The molecule has 0 saturated carbocycles. The summed E-state index contributed by atoms with van der Waals surface area (Å²) in [6.45, 7) is 1.64. The number of aliphatic carboxylic acids is 1. The second kappa shape index (κ2) is 10.1. The predicted octanol–water partition coefficient (Wildman–Crippen LogP) is 2.68. The molecule has 0 saturated heterocycles. The van der Waals surface area contributed by atoms with Gasteiger partial charge in [-0.3, -0.25) is 4.79 Å². The molecule has 0 unspecified atom stereocenters. The lowest BCUT2D eigenvalue weighted by Crippen LogP contribution is -2.27. The summed E-state index contributed by atoms with van der Waals surface area (Å²) in [6.07, 6.45) is 0.758. The molecule has 2 aromatic rings. The van der Waals surface area contributed by atoms with Crippen molar-refractivity contribution in [1.29, 1.82) is 0 Å². The SMILES string of the molecule is C/C(=C\CNC(=O)C#CCNC(=O)OCC1c2ccccc2-c2ccccc21)C(=O)O. The van der Waals surface area contributed by atoms with Gasteiger partial charge in [-0.1, -0.05) is 60.5 Å². The van der Waals surface area contributed by atoms with Gasteiger partial charge in [-0.05, 0) is 35.1 Å². The molecule has 7 heteroatoms. The van der Waals surface area contributed by atoms with E-state index in [0.717, 1.165) is 22.3 Å². The average Bonchev–Trinajstić information content (AvgIpc) is 3.09. The Bertz CT molecular complexity index is 1050. The molecule has 0 bridgehead atoms. The first-order chi connectivity index (χ1) is 15.0. The minimum absolute atomic E-state index is 0.0303. The van der Waals surface area contributed by atoms with Crippen molar-refractivity contribution in [3.8, 4) is 23.0 Å². The number of fused-ring (bicyclic) bond motifs is 3. The minimum atomic E-state index is -1.05.